The quantitative estimate of drug-likeness (QED) is 0.0239. The second kappa shape index (κ2) is 44.3. The van der Waals surface area contributed by atoms with Gasteiger partial charge in [0.2, 0.25) is 5.91 Å². The molecule has 0 aliphatic heterocycles. The molecule has 0 rings (SSSR count). The lowest BCUT2D eigenvalue weighted by Gasteiger charge is -2.15. The summed E-state index contributed by atoms with van der Waals surface area (Å²) in [7, 11) is -4.42. The van der Waals surface area contributed by atoms with Gasteiger partial charge in [-0.15, -0.1) is 0 Å². The zero-order chi connectivity index (χ0) is 41.8. The van der Waals surface area contributed by atoms with Gasteiger partial charge in [0.05, 0.1) is 13.2 Å². The predicted octanol–water partition coefficient (Wildman–Crippen LogP) is 13.8. The number of allylic oxidation sites excluding steroid dienone is 2. The largest absolute Gasteiger partial charge is 0.472 e. The van der Waals surface area contributed by atoms with Gasteiger partial charge in [0.25, 0.3) is 0 Å². The first-order valence-corrected chi connectivity index (χ1v) is 25.7. The van der Waals surface area contributed by atoms with E-state index in [2.05, 4.69) is 31.3 Å². The maximum absolute atomic E-state index is 12.1. The molecule has 0 fully saturated rings. The number of hydrogen-bond donors (Lipinski definition) is 3. The number of aliphatic hydroxyl groups excluding tert-OH is 1. The highest BCUT2D eigenvalue weighted by Gasteiger charge is 2.23. The van der Waals surface area contributed by atoms with Gasteiger partial charge in [-0.2, -0.15) is 0 Å². The number of hydrogen-bond acceptors (Lipinski definition) is 7. The fourth-order valence-corrected chi connectivity index (χ4v) is 7.78. The number of esters is 1. The standard InChI is InChI=1S/C47H92NO8P/c1-3-5-7-9-11-13-15-17-19-21-22-24-26-28-30-32-34-36-38-40-47(51)54-43-45(49)44-56-57(52,53)55-42-41-48-46(50)39-37-35-33-31-29-27-25-23-20-18-16-14-12-10-8-6-4-2/h18,20,45,49H,3-17,19,21-44H2,1-2H3,(H,48,50)(H,52,53)/b20-18-. The van der Waals surface area contributed by atoms with Gasteiger partial charge in [0, 0.05) is 19.4 Å². The van der Waals surface area contributed by atoms with Gasteiger partial charge in [-0.1, -0.05) is 206 Å². The second-order valence-electron chi connectivity index (χ2n) is 16.4. The van der Waals surface area contributed by atoms with E-state index in [-0.39, 0.29) is 32.1 Å². The number of phosphoric acid groups is 1. The lowest BCUT2D eigenvalue weighted by molar-refractivity contribution is -0.147. The molecule has 0 heterocycles. The Morgan fingerprint density at radius 1 is 0.526 bits per heavy atom. The fraction of sp³-hybridized carbons (Fsp3) is 0.915. The highest BCUT2D eigenvalue weighted by molar-refractivity contribution is 7.47. The van der Waals surface area contributed by atoms with Crippen LogP contribution in [0.3, 0.4) is 0 Å². The van der Waals surface area contributed by atoms with Crippen LogP contribution in [0.2, 0.25) is 0 Å². The Labute approximate surface area is 351 Å². The van der Waals surface area contributed by atoms with E-state index in [9.17, 15) is 24.2 Å². The molecule has 57 heavy (non-hydrogen) atoms. The molecule has 0 saturated carbocycles. The predicted molar refractivity (Wildman–Crippen MR) is 238 cm³/mol. The molecule has 0 spiro atoms. The summed E-state index contributed by atoms with van der Waals surface area (Å²) in [6.45, 7) is 3.59. The number of nitrogens with one attached hydrogen (secondary N) is 1. The summed E-state index contributed by atoms with van der Waals surface area (Å²) in [5.74, 6) is -0.509. The van der Waals surface area contributed by atoms with E-state index in [1.165, 1.54) is 180 Å². The van der Waals surface area contributed by atoms with E-state index >= 15 is 0 Å². The molecule has 0 aliphatic rings. The molecule has 3 N–H and O–H groups in total. The second-order valence-corrected chi connectivity index (χ2v) is 17.9. The van der Waals surface area contributed by atoms with Crippen LogP contribution in [0.25, 0.3) is 0 Å². The minimum absolute atomic E-state index is 0.0831. The molecule has 338 valence electrons. The van der Waals surface area contributed by atoms with Gasteiger partial charge in [0.1, 0.15) is 12.7 Å². The normalized spacial score (nSPS) is 13.3. The van der Waals surface area contributed by atoms with Gasteiger partial charge >= 0.3 is 13.8 Å². The topological polar surface area (TPSA) is 131 Å². The van der Waals surface area contributed by atoms with E-state index in [0.29, 0.717) is 6.42 Å². The first-order chi connectivity index (χ1) is 27.8. The average Bonchev–Trinajstić information content (AvgIpc) is 3.20. The summed E-state index contributed by atoms with van der Waals surface area (Å²) >= 11 is 0. The van der Waals surface area contributed by atoms with Gasteiger partial charge in [-0.05, 0) is 38.5 Å². The fourth-order valence-electron chi connectivity index (χ4n) is 7.02. The molecule has 1 amide bonds. The maximum Gasteiger partial charge on any atom is 0.472 e. The average molecular weight is 830 g/mol. The maximum atomic E-state index is 12.1. The van der Waals surface area contributed by atoms with Gasteiger partial charge in [-0.25, -0.2) is 4.57 Å². The summed E-state index contributed by atoms with van der Waals surface area (Å²) in [6, 6.07) is 0. The van der Waals surface area contributed by atoms with Crippen molar-refractivity contribution >= 4 is 19.7 Å². The molecule has 0 saturated heterocycles. The minimum atomic E-state index is -4.42. The number of ether oxygens (including phenoxy) is 1. The monoisotopic (exact) mass is 830 g/mol. The van der Waals surface area contributed by atoms with Crippen molar-refractivity contribution < 1.29 is 37.9 Å². The number of rotatable bonds is 46. The van der Waals surface area contributed by atoms with Gasteiger partial charge < -0.3 is 20.1 Å². The third-order valence-corrected chi connectivity index (χ3v) is 11.7. The van der Waals surface area contributed by atoms with Crippen molar-refractivity contribution in [2.45, 2.75) is 251 Å². The summed E-state index contributed by atoms with van der Waals surface area (Å²) in [5.41, 5.74) is 0. The SMILES string of the molecule is CCCCCCCC/C=C\CCCCCCCCCC(=O)NCCOP(=O)(O)OCC(O)COC(=O)CCCCCCCCCCCCCCCCCCCCC. The van der Waals surface area contributed by atoms with Crippen molar-refractivity contribution in [3.05, 3.63) is 12.2 Å². The lowest BCUT2D eigenvalue weighted by atomic mass is 10.0. The first-order valence-electron chi connectivity index (χ1n) is 24.2. The van der Waals surface area contributed by atoms with Gasteiger partial charge in [0.15, 0.2) is 0 Å². The van der Waals surface area contributed by atoms with Crippen molar-refractivity contribution in [2.24, 2.45) is 0 Å². The van der Waals surface area contributed by atoms with E-state index < -0.39 is 26.5 Å². The van der Waals surface area contributed by atoms with Crippen LogP contribution in [-0.4, -0.2) is 54.3 Å². The Hall–Kier alpha value is -1.25. The number of phosphoric ester groups is 1. The van der Waals surface area contributed by atoms with Crippen molar-refractivity contribution in [1.82, 2.24) is 5.32 Å². The van der Waals surface area contributed by atoms with Crippen LogP contribution in [0.4, 0.5) is 0 Å². The summed E-state index contributed by atoms with van der Waals surface area (Å²) in [4.78, 5) is 34.0. The molecule has 0 aliphatic carbocycles. The minimum Gasteiger partial charge on any atom is -0.463 e. The molecule has 0 aromatic heterocycles. The Morgan fingerprint density at radius 3 is 1.32 bits per heavy atom. The number of carbonyl (C=O) groups is 2. The summed E-state index contributed by atoms with van der Waals surface area (Å²) < 4.78 is 26.9. The van der Waals surface area contributed by atoms with Crippen LogP contribution in [0.1, 0.15) is 245 Å². The molecule has 0 aromatic rings. The van der Waals surface area contributed by atoms with Crippen molar-refractivity contribution in [1.29, 1.82) is 0 Å². The summed E-state index contributed by atoms with van der Waals surface area (Å²) in [5, 5.41) is 12.7. The smallest absolute Gasteiger partial charge is 0.463 e. The molecule has 0 bridgehead atoms. The van der Waals surface area contributed by atoms with E-state index in [4.69, 9.17) is 13.8 Å². The van der Waals surface area contributed by atoms with Crippen LogP contribution in [-0.2, 0) is 27.9 Å². The van der Waals surface area contributed by atoms with Crippen molar-refractivity contribution in [3.8, 4) is 0 Å². The number of carbonyl (C=O) groups excluding carboxylic acids is 2. The highest BCUT2D eigenvalue weighted by atomic mass is 31.2. The molecule has 9 nitrogen and oxygen atoms in total. The molecule has 0 aromatic carbocycles. The van der Waals surface area contributed by atoms with Crippen LogP contribution >= 0.6 is 7.82 Å². The third kappa shape index (κ3) is 45.7. The van der Waals surface area contributed by atoms with E-state index in [0.717, 1.165) is 38.5 Å². The lowest BCUT2D eigenvalue weighted by Crippen LogP contribution is -2.27. The molecular weight excluding hydrogens is 737 g/mol. The zero-order valence-corrected chi connectivity index (χ0v) is 38.2. The number of aliphatic hydroxyl groups is 1. The molecule has 10 heteroatoms. The van der Waals surface area contributed by atoms with Crippen LogP contribution in [0.15, 0.2) is 12.2 Å². The zero-order valence-electron chi connectivity index (χ0n) is 37.3. The summed E-state index contributed by atoms with van der Waals surface area (Å²) in [6.07, 6.45) is 47.1. The van der Waals surface area contributed by atoms with E-state index in [1.54, 1.807) is 0 Å². The molecule has 2 unspecified atom stereocenters. The molecule has 2 atom stereocenters. The van der Waals surface area contributed by atoms with Crippen molar-refractivity contribution in [2.75, 3.05) is 26.4 Å². The molecular formula is C47H92NO8P. The van der Waals surface area contributed by atoms with E-state index in [1.807, 2.05) is 0 Å². The highest BCUT2D eigenvalue weighted by Crippen LogP contribution is 2.42. The van der Waals surface area contributed by atoms with Crippen LogP contribution < -0.4 is 5.32 Å². The van der Waals surface area contributed by atoms with Crippen molar-refractivity contribution in [3.63, 3.8) is 0 Å². The van der Waals surface area contributed by atoms with Gasteiger partial charge in [-0.3, -0.25) is 18.6 Å². The Morgan fingerprint density at radius 2 is 0.895 bits per heavy atom. The number of unbranched alkanes of at least 4 members (excludes halogenated alkanes) is 31. The first kappa shape index (κ1) is 55.8. The van der Waals surface area contributed by atoms with Crippen LogP contribution in [0.5, 0.6) is 0 Å². The number of amides is 1. The Bertz CT molecular complexity index is 948. The third-order valence-electron chi connectivity index (χ3n) is 10.7. The molecule has 0 radical (unpaired) electrons. The Balaban J connectivity index is 3.54. The Kier molecular flexibility index (Phi) is 43.3. The van der Waals surface area contributed by atoms with Crippen LogP contribution in [0, 0.1) is 0 Å².